The zero-order chi connectivity index (χ0) is 15.1. The van der Waals surface area contributed by atoms with Crippen LogP contribution in [0, 0.1) is 5.82 Å². The summed E-state index contributed by atoms with van der Waals surface area (Å²) in [5, 5.41) is 3.03. The Balaban J connectivity index is 1.99. The van der Waals surface area contributed by atoms with Crippen LogP contribution >= 0.6 is 0 Å². The van der Waals surface area contributed by atoms with Gasteiger partial charge in [-0.1, -0.05) is 19.1 Å². The molecule has 0 spiro atoms. The van der Waals surface area contributed by atoms with Crippen LogP contribution in [0.25, 0.3) is 0 Å². The number of aromatic nitrogens is 2. The van der Waals surface area contributed by atoms with Gasteiger partial charge in [0, 0.05) is 18.7 Å². The summed E-state index contributed by atoms with van der Waals surface area (Å²) >= 11 is 0. The van der Waals surface area contributed by atoms with Crippen molar-refractivity contribution in [3.63, 3.8) is 0 Å². The lowest BCUT2D eigenvalue weighted by atomic mass is 10.1. The van der Waals surface area contributed by atoms with Crippen LogP contribution in [-0.4, -0.2) is 16.6 Å². The molecular formula is C15H19FN4O. The third-order valence-corrected chi connectivity index (χ3v) is 2.88. The van der Waals surface area contributed by atoms with Gasteiger partial charge in [0.25, 0.3) is 0 Å². The number of benzene rings is 1. The van der Waals surface area contributed by atoms with Crippen LogP contribution < -0.4 is 15.8 Å². The SMILES string of the molecule is CCCOc1cncc(NCc2ccc(CN)cc2F)n1. The molecule has 0 unspecified atom stereocenters. The maximum atomic E-state index is 13.8. The number of hydrogen-bond donors (Lipinski definition) is 2. The van der Waals surface area contributed by atoms with Crippen molar-refractivity contribution < 1.29 is 9.13 Å². The molecule has 0 aliphatic heterocycles. The highest BCUT2D eigenvalue weighted by atomic mass is 19.1. The van der Waals surface area contributed by atoms with E-state index in [1.165, 1.54) is 6.07 Å². The van der Waals surface area contributed by atoms with Crippen molar-refractivity contribution in [3.05, 3.63) is 47.5 Å². The van der Waals surface area contributed by atoms with Crippen LogP contribution in [-0.2, 0) is 13.1 Å². The second-order valence-electron chi connectivity index (χ2n) is 4.57. The van der Waals surface area contributed by atoms with Crippen LogP contribution in [0.2, 0.25) is 0 Å². The van der Waals surface area contributed by atoms with Crippen molar-refractivity contribution in [3.8, 4) is 5.88 Å². The van der Waals surface area contributed by atoms with E-state index in [-0.39, 0.29) is 5.82 Å². The monoisotopic (exact) mass is 290 g/mol. The molecule has 0 aliphatic rings. The lowest BCUT2D eigenvalue weighted by Gasteiger charge is -2.09. The van der Waals surface area contributed by atoms with Crippen molar-refractivity contribution in [2.45, 2.75) is 26.4 Å². The summed E-state index contributed by atoms with van der Waals surface area (Å²) in [6, 6.07) is 4.98. The van der Waals surface area contributed by atoms with Gasteiger partial charge in [-0.15, -0.1) is 0 Å². The van der Waals surface area contributed by atoms with Gasteiger partial charge >= 0.3 is 0 Å². The number of ether oxygens (including phenoxy) is 1. The number of rotatable bonds is 7. The van der Waals surface area contributed by atoms with Crippen molar-refractivity contribution in [1.29, 1.82) is 0 Å². The molecule has 6 heteroatoms. The minimum absolute atomic E-state index is 0.281. The van der Waals surface area contributed by atoms with E-state index in [1.807, 2.05) is 13.0 Å². The molecule has 0 aliphatic carbocycles. The molecule has 0 atom stereocenters. The number of hydrogen-bond acceptors (Lipinski definition) is 5. The van der Waals surface area contributed by atoms with Gasteiger partial charge in [-0.2, -0.15) is 4.98 Å². The Hall–Kier alpha value is -2.21. The third-order valence-electron chi connectivity index (χ3n) is 2.88. The van der Waals surface area contributed by atoms with E-state index < -0.39 is 0 Å². The first kappa shape index (κ1) is 15.2. The first-order valence-corrected chi connectivity index (χ1v) is 6.89. The van der Waals surface area contributed by atoms with Crippen molar-refractivity contribution in [2.75, 3.05) is 11.9 Å². The summed E-state index contributed by atoms with van der Waals surface area (Å²) in [6.07, 6.45) is 4.03. The quantitative estimate of drug-likeness (QED) is 0.819. The Morgan fingerprint density at radius 2 is 2.19 bits per heavy atom. The minimum Gasteiger partial charge on any atom is -0.477 e. The molecular weight excluding hydrogens is 271 g/mol. The lowest BCUT2D eigenvalue weighted by Crippen LogP contribution is -2.06. The van der Waals surface area contributed by atoms with E-state index in [4.69, 9.17) is 10.5 Å². The highest BCUT2D eigenvalue weighted by Gasteiger charge is 2.04. The minimum atomic E-state index is -0.281. The molecule has 0 radical (unpaired) electrons. The maximum absolute atomic E-state index is 13.8. The fourth-order valence-electron chi connectivity index (χ4n) is 1.76. The van der Waals surface area contributed by atoms with Gasteiger partial charge in [0.15, 0.2) is 0 Å². The average molecular weight is 290 g/mol. The molecule has 2 rings (SSSR count). The molecule has 21 heavy (non-hydrogen) atoms. The molecule has 5 nitrogen and oxygen atoms in total. The Labute approximate surface area is 123 Å². The summed E-state index contributed by atoms with van der Waals surface area (Å²) in [6.45, 7) is 3.26. The molecule has 0 saturated heterocycles. The van der Waals surface area contributed by atoms with E-state index in [1.54, 1.807) is 18.5 Å². The molecule has 0 bridgehead atoms. The first-order valence-electron chi connectivity index (χ1n) is 6.89. The maximum Gasteiger partial charge on any atom is 0.234 e. The number of anilines is 1. The number of halogens is 1. The largest absolute Gasteiger partial charge is 0.477 e. The van der Waals surface area contributed by atoms with Gasteiger partial charge in [0.1, 0.15) is 11.6 Å². The van der Waals surface area contributed by atoms with E-state index in [9.17, 15) is 4.39 Å². The molecule has 0 amide bonds. The molecule has 112 valence electrons. The second kappa shape index (κ2) is 7.54. The Kier molecular flexibility index (Phi) is 5.45. The smallest absolute Gasteiger partial charge is 0.234 e. The topological polar surface area (TPSA) is 73.1 Å². The van der Waals surface area contributed by atoms with Crippen molar-refractivity contribution >= 4 is 5.82 Å². The van der Waals surface area contributed by atoms with Gasteiger partial charge in [-0.3, -0.25) is 4.98 Å². The molecule has 0 fully saturated rings. The third kappa shape index (κ3) is 4.39. The summed E-state index contributed by atoms with van der Waals surface area (Å²) in [5.41, 5.74) is 6.80. The highest BCUT2D eigenvalue weighted by molar-refractivity contribution is 5.35. The number of nitrogens with two attached hydrogens (primary N) is 1. The summed E-state index contributed by atoms with van der Waals surface area (Å²) in [5.74, 6) is 0.725. The van der Waals surface area contributed by atoms with Gasteiger partial charge in [0.2, 0.25) is 5.88 Å². The normalized spacial score (nSPS) is 10.4. The lowest BCUT2D eigenvalue weighted by molar-refractivity contribution is 0.304. The van der Waals surface area contributed by atoms with Gasteiger partial charge in [0.05, 0.1) is 19.0 Å². The number of nitrogens with zero attached hydrogens (tertiary/aromatic N) is 2. The standard InChI is InChI=1S/C15H19FN4O/c1-2-5-21-15-10-18-9-14(20-15)19-8-12-4-3-11(7-17)6-13(12)16/h3-4,6,9-10H,2,5,7-8,17H2,1H3,(H,19,20). The Morgan fingerprint density at radius 1 is 1.33 bits per heavy atom. The average Bonchev–Trinajstić information content (AvgIpc) is 2.52. The van der Waals surface area contributed by atoms with Crippen LogP contribution in [0.4, 0.5) is 10.2 Å². The van der Waals surface area contributed by atoms with Crippen molar-refractivity contribution in [1.82, 2.24) is 9.97 Å². The zero-order valence-corrected chi connectivity index (χ0v) is 12.0. The van der Waals surface area contributed by atoms with Gasteiger partial charge in [-0.25, -0.2) is 4.39 Å². The van der Waals surface area contributed by atoms with Gasteiger partial charge in [-0.05, 0) is 18.1 Å². The predicted molar refractivity (Wildman–Crippen MR) is 79.4 cm³/mol. The second-order valence-corrected chi connectivity index (χ2v) is 4.57. The van der Waals surface area contributed by atoms with E-state index >= 15 is 0 Å². The fraction of sp³-hybridized carbons (Fsp3) is 0.333. The van der Waals surface area contributed by atoms with Crippen LogP contribution in [0.5, 0.6) is 5.88 Å². The van der Waals surface area contributed by atoms with Crippen LogP contribution in [0.15, 0.2) is 30.6 Å². The fourth-order valence-corrected chi connectivity index (χ4v) is 1.76. The van der Waals surface area contributed by atoms with Crippen LogP contribution in [0.1, 0.15) is 24.5 Å². The molecule has 1 aromatic heterocycles. The summed E-state index contributed by atoms with van der Waals surface area (Å²) < 4.78 is 19.2. The van der Waals surface area contributed by atoms with E-state index in [2.05, 4.69) is 15.3 Å². The molecule has 2 aromatic rings. The summed E-state index contributed by atoms with van der Waals surface area (Å²) in [4.78, 5) is 8.29. The van der Waals surface area contributed by atoms with E-state index in [0.29, 0.717) is 37.0 Å². The number of nitrogens with one attached hydrogen (secondary N) is 1. The van der Waals surface area contributed by atoms with Crippen LogP contribution in [0.3, 0.4) is 0 Å². The molecule has 1 heterocycles. The first-order chi connectivity index (χ1) is 10.2. The zero-order valence-electron chi connectivity index (χ0n) is 12.0. The van der Waals surface area contributed by atoms with Gasteiger partial charge < -0.3 is 15.8 Å². The molecule has 3 N–H and O–H groups in total. The van der Waals surface area contributed by atoms with Crippen molar-refractivity contribution in [2.24, 2.45) is 5.73 Å². The predicted octanol–water partition coefficient (Wildman–Crippen LogP) is 2.48. The Morgan fingerprint density at radius 3 is 2.90 bits per heavy atom. The van der Waals surface area contributed by atoms with E-state index in [0.717, 1.165) is 12.0 Å². The summed E-state index contributed by atoms with van der Waals surface area (Å²) in [7, 11) is 0. The molecule has 0 saturated carbocycles. The highest BCUT2D eigenvalue weighted by Crippen LogP contribution is 2.14. The Bertz CT molecular complexity index is 592. The molecule has 1 aromatic carbocycles.